The predicted molar refractivity (Wildman–Crippen MR) is 142 cm³/mol. The van der Waals surface area contributed by atoms with Gasteiger partial charge in [-0.3, -0.25) is 14.4 Å². The number of rotatable bonds is 8. The van der Waals surface area contributed by atoms with Gasteiger partial charge in [0.15, 0.2) is 0 Å². The molecule has 2 aromatic rings. The third-order valence-corrected chi connectivity index (χ3v) is 8.80. The molecule has 0 aliphatic carbocycles. The number of carbonyl (C=O) groups excluding carboxylic acids is 1. The van der Waals surface area contributed by atoms with Crippen LogP contribution in [0.1, 0.15) is 37.6 Å². The van der Waals surface area contributed by atoms with E-state index in [-0.39, 0.29) is 16.5 Å². The van der Waals surface area contributed by atoms with Crippen LogP contribution in [0.25, 0.3) is 0 Å². The molecule has 0 radical (unpaired) electrons. The molecule has 0 N–H and O–H groups in total. The summed E-state index contributed by atoms with van der Waals surface area (Å²) < 4.78 is 30.5. The number of hydrogen-bond donors (Lipinski definition) is 0. The minimum absolute atomic E-state index is 0.120. The van der Waals surface area contributed by atoms with Gasteiger partial charge >= 0.3 is 0 Å². The number of amides is 1. The van der Waals surface area contributed by atoms with Gasteiger partial charge in [0.1, 0.15) is 0 Å². The zero-order valence-electron chi connectivity index (χ0n) is 21.4. The first-order valence-electron chi connectivity index (χ1n) is 12.8. The summed E-state index contributed by atoms with van der Waals surface area (Å²) in [7, 11) is -3.92. The standard InChI is InChI=1S/C25H37ClN6O3S/c1-4-9-31-19-23(25(33)30-12-10-28(11-13-30)18-20(2)3)24(27-31)36(34,35)32-16-14-29(15-17-32)22-7-5-21(26)6-8-22/h5-8,19-20H,4,9-18H2,1-3H3. The van der Waals surface area contributed by atoms with Crippen LogP contribution in [0.2, 0.25) is 5.02 Å². The summed E-state index contributed by atoms with van der Waals surface area (Å²) in [6.45, 7) is 12.5. The highest BCUT2D eigenvalue weighted by Crippen LogP contribution is 2.25. The number of anilines is 1. The summed E-state index contributed by atoms with van der Waals surface area (Å²) in [5, 5.41) is 4.95. The van der Waals surface area contributed by atoms with Gasteiger partial charge in [-0.15, -0.1) is 0 Å². The Balaban J connectivity index is 1.50. The zero-order valence-corrected chi connectivity index (χ0v) is 23.0. The van der Waals surface area contributed by atoms with Crippen LogP contribution < -0.4 is 4.90 Å². The summed E-state index contributed by atoms with van der Waals surface area (Å²) in [4.78, 5) is 19.8. The van der Waals surface area contributed by atoms with Gasteiger partial charge in [0.2, 0.25) is 5.03 Å². The summed E-state index contributed by atoms with van der Waals surface area (Å²) >= 11 is 6.00. The molecular weight excluding hydrogens is 500 g/mol. The largest absolute Gasteiger partial charge is 0.369 e. The molecule has 1 amide bonds. The highest BCUT2D eigenvalue weighted by atomic mass is 35.5. The molecule has 2 aliphatic heterocycles. The van der Waals surface area contributed by atoms with Gasteiger partial charge in [-0.25, -0.2) is 8.42 Å². The molecule has 9 nitrogen and oxygen atoms in total. The number of aryl methyl sites for hydroxylation is 1. The quantitative estimate of drug-likeness (QED) is 0.516. The van der Waals surface area contributed by atoms with Crippen molar-refractivity contribution in [1.82, 2.24) is 23.9 Å². The van der Waals surface area contributed by atoms with E-state index in [0.29, 0.717) is 56.8 Å². The molecule has 198 valence electrons. The van der Waals surface area contributed by atoms with E-state index in [1.54, 1.807) is 15.8 Å². The maximum Gasteiger partial charge on any atom is 0.263 e. The van der Waals surface area contributed by atoms with Crippen LogP contribution in [0.15, 0.2) is 35.5 Å². The Morgan fingerprint density at radius 2 is 1.64 bits per heavy atom. The molecule has 4 rings (SSSR count). The number of benzene rings is 1. The first-order valence-corrected chi connectivity index (χ1v) is 14.6. The number of halogens is 1. The molecule has 2 saturated heterocycles. The molecule has 36 heavy (non-hydrogen) atoms. The van der Waals surface area contributed by atoms with Crippen LogP contribution in [0.3, 0.4) is 0 Å². The average molecular weight is 537 g/mol. The van der Waals surface area contributed by atoms with Crippen LogP contribution in [0.5, 0.6) is 0 Å². The molecular formula is C25H37ClN6O3S. The molecule has 2 fully saturated rings. The van der Waals surface area contributed by atoms with Gasteiger partial charge in [-0.1, -0.05) is 32.4 Å². The van der Waals surface area contributed by atoms with Crippen molar-refractivity contribution in [2.24, 2.45) is 5.92 Å². The Bertz CT molecular complexity index is 1140. The monoisotopic (exact) mass is 536 g/mol. The molecule has 0 bridgehead atoms. The molecule has 0 unspecified atom stereocenters. The number of sulfonamides is 1. The van der Waals surface area contributed by atoms with Gasteiger partial charge in [-0.2, -0.15) is 9.40 Å². The number of piperazine rings is 2. The van der Waals surface area contributed by atoms with Crippen LogP contribution in [-0.4, -0.2) is 97.1 Å². The van der Waals surface area contributed by atoms with E-state index in [4.69, 9.17) is 11.6 Å². The smallest absolute Gasteiger partial charge is 0.263 e. The summed E-state index contributed by atoms with van der Waals surface area (Å²) in [5.74, 6) is 0.316. The predicted octanol–water partition coefficient (Wildman–Crippen LogP) is 2.87. The molecule has 1 aromatic carbocycles. The molecule has 0 saturated carbocycles. The van der Waals surface area contributed by atoms with Gasteiger partial charge in [-0.05, 0) is 36.6 Å². The van der Waals surface area contributed by atoms with Crippen molar-refractivity contribution in [3.05, 3.63) is 41.0 Å². The Morgan fingerprint density at radius 1 is 1.00 bits per heavy atom. The fourth-order valence-corrected chi connectivity index (χ4v) is 6.51. The third-order valence-electron chi connectivity index (χ3n) is 6.71. The van der Waals surface area contributed by atoms with Crippen LogP contribution >= 0.6 is 11.6 Å². The number of nitrogens with zero attached hydrogens (tertiary/aromatic N) is 6. The second-order valence-electron chi connectivity index (χ2n) is 9.97. The van der Waals surface area contributed by atoms with Gasteiger partial charge < -0.3 is 9.80 Å². The van der Waals surface area contributed by atoms with Crippen LogP contribution in [0, 0.1) is 5.92 Å². The Kier molecular flexibility index (Phi) is 8.59. The lowest BCUT2D eigenvalue weighted by Gasteiger charge is -2.36. The van der Waals surface area contributed by atoms with Crippen LogP contribution in [-0.2, 0) is 16.6 Å². The highest BCUT2D eigenvalue weighted by molar-refractivity contribution is 7.89. The fourth-order valence-electron chi connectivity index (χ4n) is 4.87. The van der Waals surface area contributed by atoms with Crippen molar-refractivity contribution >= 4 is 33.2 Å². The normalized spacial score (nSPS) is 18.2. The van der Waals surface area contributed by atoms with Crippen molar-refractivity contribution in [2.45, 2.75) is 38.8 Å². The van der Waals surface area contributed by atoms with E-state index in [1.807, 2.05) is 31.2 Å². The highest BCUT2D eigenvalue weighted by Gasteiger charge is 2.36. The van der Waals surface area contributed by atoms with Crippen molar-refractivity contribution in [2.75, 3.05) is 63.8 Å². The lowest BCUT2D eigenvalue weighted by Crippen LogP contribution is -2.50. The van der Waals surface area contributed by atoms with Gasteiger partial charge in [0, 0.05) is 82.4 Å². The summed E-state index contributed by atoms with van der Waals surface area (Å²) in [6.07, 6.45) is 2.41. The fraction of sp³-hybridized carbons (Fsp3) is 0.600. The van der Waals surface area contributed by atoms with Crippen molar-refractivity contribution < 1.29 is 13.2 Å². The number of aromatic nitrogens is 2. The first-order chi connectivity index (χ1) is 17.2. The SMILES string of the molecule is CCCn1cc(C(=O)N2CCN(CC(C)C)CC2)c(S(=O)(=O)N2CCN(c3ccc(Cl)cc3)CC2)n1. The maximum atomic E-state index is 13.7. The molecule has 11 heteroatoms. The topological polar surface area (TPSA) is 82.0 Å². The van der Waals surface area contributed by atoms with Crippen LogP contribution in [0.4, 0.5) is 5.69 Å². The first kappa shape index (κ1) is 26.9. The van der Waals surface area contributed by atoms with E-state index in [2.05, 4.69) is 28.7 Å². The minimum atomic E-state index is -3.92. The molecule has 2 aliphatic rings. The van der Waals surface area contributed by atoms with Crippen molar-refractivity contribution in [1.29, 1.82) is 0 Å². The number of carbonyl (C=O) groups is 1. The third kappa shape index (κ3) is 6.04. The minimum Gasteiger partial charge on any atom is -0.369 e. The lowest BCUT2D eigenvalue weighted by molar-refractivity contribution is 0.0620. The van der Waals surface area contributed by atoms with Crippen molar-refractivity contribution in [3.63, 3.8) is 0 Å². The molecule has 1 aromatic heterocycles. The van der Waals surface area contributed by atoms with E-state index >= 15 is 0 Å². The van der Waals surface area contributed by atoms with Crippen molar-refractivity contribution in [3.8, 4) is 0 Å². The van der Waals surface area contributed by atoms with Gasteiger partial charge in [0.25, 0.3) is 15.9 Å². The maximum absolute atomic E-state index is 13.7. The average Bonchev–Trinajstić information content (AvgIpc) is 3.29. The Morgan fingerprint density at radius 3 is 2.22 bits per heavy atom. The zero-order chi connectivity index (χ0) is 25.9. The van der Waals surface area contributed by atoms with Gasteiger partial charge in [0.05, 0.1) is 5.56 Å². The van der Waals surface area contributed by atoms with E-state index < -0.39 is 10.0 Å². The molecule has 0 spiro atoms. The summed E-state index contributed by atoms with van der Waals surface area (Å²) in [6, 6.07) is 7.55. The Hall–Kier alpha value is -2.14. The molecule has 0 atom stereocenters. The number of hydrogen-bond acceptors (Lipinski definition) is 6. The summed E-state index contributed by atoms with van der Waals surface area (Å²) in [5.41, 5.74) is 1.19. The van der Waals surface area contributed by atoms with E-state index in [9.17, 15) is 13.2 Å². The second kappa shape index (κ2) is 11.5. The van der Waals surface area contributed by atoms with E-state index in [0.717, 1.165) is 31.7 Å². The lowest BCUT2D eigenvalue weighted by atomic mass is 10.2. The Labute approximate surface area is 219 Å². The van der Waals surface area contributed by atoms with E-state index in [1.165, 1.54) is 4.31 Å². The second-order valence-corrected chi connectivity index (χ2v) is 12.3. The molecule has 3 heterocycles.